The molecule has 5 nitrogen and oxygen atoms in total. The van der Waals surface area contributed by atoms with E-state index in [0.29, 0.717) is 10.6 Å². The molecule has 0 unspecified atom stereocenters. The van der Waals surface area contributed by atoms with Gasteiger partial charge in [-0.1, -0.05) is 37.3 Å². The quantitative estimate of drug-likeness (QED) is 0.662. The van der Waals surface area contributed by atoms with Crippen LogP contribution in [0.3, 0.4) is 0 Å². The summed E-state index contributed by atoms with van der Waals surface area (Å²) in [7, 11) is -2.12. The highest BCUT2D eigenvalue weighted by Gasteiger charge is 2.36. The summed E-state index contributed by atoms with van der Waals surface area (Å²) in [4.78, 5) is 15.7. The van der Waals surface area contributed by atoms with Crippen molar-refractivity contribution >= 4 is 27.5 Å². The Morgan fingerprint density at radius 3 is 2.00 bits per heavy atom. The maximum Gasteiger partial charge on any atom is 0.255 e. The summed E-state index contributed by atoms with van der Waals surface area (Å²) in [5.74, 6) is -0.118. The van der Waals surface area contributed by atoms with Crippen LogP contribution in [0.1, 0.15) is 75.6 Å². The third kappa shape index (κ3) is 4.24. The Morgan fingerprint density at radius 2 is 1.54 bits per heavy atom. The summed E-state index contributed by atoms with van der Waals surface area (Å²) < 4.78 is 27.1. The van der Waals surface area contributed by atoms with Gasteiger partial charge in [0.2, 0.25) is 10.0 Å². The zero-order valence-electron chi connectivity index (χ0n) is 17.0. The van der Waals surface area contributed by atoms with E-state index in [4.69, 9.17) is 11.6 Å². The van der Waals surface area contributed by atoms with E-state index in [1.54, 1.807) is 7.05 Å². The van der Waals surface area contributed by atoms with E-state index < -0.39 is 10.0 Å². The topological polar surface area (TPSA) is 57.7 Å². The van der Waals surface area contributed by atoms with Crippen molar-refractivity contribution in [1.82, 2.24) is 9.21 Å². The molecule has 2 saturated carbocycles. The highest BCUT2D eigenvalue weighted by Crippen LogP contribution is 2.34. The maximum atomic E-state index is 13.6. The number of benzene rings is 1. The van der Waals surface area contributed by atoms with Gasteiger partial charge < -0.3 is 4.90 Å². The molecule has 0 spiro atoms. The zero-order valence-corrected chi connectivity index (χ0v) is 18.6. The van der Waals surface area contributed by atoms with Crippen molar-refractivity contribution < 1.29 is 13.2 Å². The number of carbonyl (C=O) groups excluding carboxylic acids is 1. The third-order valence-electron chi connectivity index (χ3n) is 6.24. The normalized spacial score (nSPS) is 19.1. The first-order valence-electron chi connectivity index (χ1n) is 10.3. The average molecular weight is 427 g/mol. The number of nitrogens with zero attached hydrogens (tertiary/aromatic N) is 2. The summed E-state index contributed by atoms with van der Waals surface area (Å²) in [5, 5.41) is 0.317. The molecule has 2 aliphatic carbocycles. The molecular formula is C21H31ClN2O3S. The average Bonchev–Trinajstić information content (AvgIpc) is 3.36. The Hall–Kier alpha value is -1.11. The Morgan fingerprint density at radius 1 is 1.04 bits per heavy atom. The van der Waals surface area contributed by atoms with Crippen molar-refractivity contribution in [1.29, 1.82) is 0 Å². The van der Waals surface area contributed by atoms with Gasteiger partial charge in [0.1, 0.15) is 0 Å². The first kappa shape index (κ1) is 21.6. The number of carbonyl (C=O) groups is 1. The van der Waals surface area contributed by atoms with Crippen molar-refractivity contribution in [3.05, 3.63) is 28.8 Å². The smallest absolute Gasteiger partial charge is 0.255 e. The molecule has 156 valence electrons. The van der Waals surface area contributed by atoms with Gasteiger partial charge in [-0.05, 0) is 57.7 Å². The van der Waals surface area contributed by atoms with Gasteiger partial charge in [0.25, 0.3) is 5.91 Å². The second-order valence-corrected chi connectivity index (χ2v) is 10.8. The Kier molecular flexibility index (Phi) is 6.72. The van der Waals surface area contributed by atoms with Crippen LogP contribution >= 0.6 is 11.6 Å². The summed E-state index contributed by atoms with van der Waals surface area (Å²) in [5.41, 5.74) is 0.304. The highest BCUT2D eigenvalue weighted by molar-refractivity contribution is 7.89. The van der Waals surface area contributed by atoms with Crippen LogP contribution in [-0.4, -0.2) is 48.7 Å². The van der Waals surface area contributed by atoms with Gasteiger partial charge in [-0.2, -0.15) is 4.31 Å². The third-order valence-corrected chi connectivity index (χ3v) is 8.60. The van der Waals surface area contributed by atoms with Crippen molar-refractivity contribution in [2.45, 2.75) is 88.2 Å². The lowest BCUT2D eigenvalue weighted by atomic mass is 10.1. The summed E-state index contributed by atoms with van der Waals surface area (Å²) in [6.07, 6.45) is 8.65. The first-order chi connectivity index (χ1) is 13.2. The largest absolute Gasteiger partial charge is 0.333 e. The summed E-state index contributed by atoms with van der Waals surface area (Å²) >= 11 is 6.38. The fourth-order valence-corrected chi connectivity index (χ4v) is 6.00. The second-order valence-electron chi connectivity index (χ2n) is 8.35. The minimum atomic E-state index is -3.67. The maximum absolute atomic E-state index is 13.6. The SMILES string of the molecule is CC(C)N(C)S(=O)(=O)c1ccc(Cl)c(C(=O)N(C2CCCC2)C2CCCC2)c1. The minimum absolute atomic E-state index is 0.118. The molecule has 28 heavy (non-hydrogen) atoms. The molecule has 7 heteroatoms. The summed E-state index contributed by atoms with van der Waals surface area (Å²) in [6, 6.07) is 4.81. The fraction of sp³-hybridized carbons (Fsp3) is 0.667. The van der Waals surface area contributed by atoms with Gasteiger partial charge in [-0.15, -0.1) is 0 Å². The predicted octanol–water partition coefficient (Wildman–Crippen LogP) is 4.70. The van der Waals surface area contributed by atoms with Crippen LogP contribution in [0.15, 0.2) is 23.1 Å². The Bertz CT molecular complexity index is 797. The molecule has 2 aliphatic rings. The van der Waals surface area contributed by atoms with Crippen LogP contribution in [0.5, 0.6) is 0 Å². The van der Waals surface area contributed by atoms with Gasteiger partial charge in [0, 0.05) is 25.2 Å². The van der Waals surface area contributed by atoms with E-state index in [2.05, 4.69) is 0 Å². The molecule has 1 aromatic rings. The molecule has 0 N–H and O–H groups in total. The Labute approximate surface area is 174 Å². The van der Waals surface area contributed by atoms with Crippen LogP contribution in [0.2, 0.25) is 5.02 Å². The number of sulfonamides is 1. The van der Waals surface area contributed by atoms with E-state index in [9.17, 15) is 13.2 Å². The molecule has 2 fully saturated rings. The standard InChI is InChI=1S/C21H31ClN2O3S/c1-15(2)23(3)28(26,27)18-12-13-20(22)19(14-18)21(25)24(16-8-4-5-9-16)17-10-6-7-11-17/h12-17H,4-11H2,1-3H3. The lowest BCUT2D eigenvalue weighted by Gasteiger charge is -2.35. The number of amides is 1. The van der Waals surface area contributed by atoms with Crippen LogP contribution in [0.25, 0.3) is 0 Å². The lowest BCUT2D eigenvalue weighted by Crippen LogP contribution is -2.45. The molecule has 0 saturated heterocycles. The first-order valence-corrected chi connectivity index (χ1v) is 12.2. The van der Waals surface area contributed by atoms with E-state index in [1.807, 2.05) is 18.7 Å². The van der Waals surface area contributed by atoms with E-state index in [0.717, 1.165) is 51.4 Å². The van der Waals surface area contributed by atoms with Gasteiger partial charge in [-0.25, -0.2) is 8.42 Å². The molecule has 1 amide bonds. The predicted molar refractivity (Wildman–Crippen MR) is 112 cm³/mol. The van der Waals surface area contributed by atoms with Crippen LogP contribution in [0, 0.1) is 0 Å². The molecule has 3 rings (SSSR count). The number of hydrogen-bond acceptors (Lipinski definition) is 3. The molecule has 1 aromatic carbocycles. The van der Waals surface area contributed by atoms with Crippen molar-refractivity contribution in [2.24, 2.45) is 0 Å². The van der Waals surface area contributed by atoms with Crippen LogP contribution in [0.4, 0.5) is 0 Å². The number of halogens is 1. The van der Waals surface area contributed by atoms with Gasteiger partial charge in [0.15, 0.2) is 0 Å². The number of rotatable bonds is 6. The van der Waals surface area contributed by atoms with Crippen molar-refractivity contribution in [2.75, 3.05) is 7.05 Å². The van der Waals surface area contributed by atoms with Crippen molar-refractivity contribution in [3.8, 4) is 0 Å². The Balaban J connectivity index is 1.97. The molecule has 0 aromatic heterocycles. The molecule has 0 heterocycles. The molecule has 0 bridgehead atoms. The van der Waals surface area contributed by atoms with E-state index >= 15 is 0 Å². The fourth-order valence-electron chi connectivity index (χ4n) is 4.41. The van der Waals surface area contributed by atoms with Crippen LogP contribution < -0.4 is 0 Å². The van der Waals surface area contributed by atoms with Crippen molar-refractivity contribution in [3.63, 3.8) is 0 Å². The van der Waals surface area contributed by atoms with E-state index in [1.165, 1.54) is 22.5 Å². The highest BCUT2D eigenvalue weighted by atomic mass is 35.5. The zero-order chi connectivity index (χ0) is 20.5. The van der Waals surface area contributed by atoms with E-state index in [-0.39, 0.29) is 28.9 Å². The lowest BCUT2D eigenvalue weighted by molar-refractivity contribution is 0.0580. The molecule has 0 atom stereocenters. The minimum Gasteiger partial charge on any atom is -0.333 e. The van der Waals surface area contributed by atoms with Gasteiger partial charge >= 0.3 is 0 Å². The monoisotopic (exact) mass is 426 g/mol. The second kappa shape index (κ2) is 8.72. The molecular weight excluding hydrogens is 396 g/mol. The molecule has 0 radical (unpaired) electrons. The summed E-state index contributed by atoms with van der Waals surface area (Å²) in [6.45, 7) is 3.64. The van der Waals surface area contributed by atoms with Crippen LogP contribution in [-0.2, 0) is 10.0 Å². The molecule has 0 aliphatic heterocycles. The van der Waals surface area contributed by atoms with Gasteiger partial charge in [-0.3, -0.25) is 4.79 Å². The number of hydrogen-bond donors (Lipinski definition) is 0. The van der Waals surface area contributed by atoms with Gasteiger partial charge in [0.05, 0.1) is 15.5 Å².